The molecule has 0 amide bonds. The van der Waals surface area contributed by atoms with Crippen LogP contribution in [0.25, 0.3) is 0 Å². The zero-order valence-electron chi connectivity index (χ0n) is 13.2. The highest BCUT2D eigenvalue weighted by molar-refractivity contribution is 7.82. The van der Waals surface area contributed by atoms with Crippen LogP contribution in [0.1, 0.15) is 0 Å². The van der Waals surface area contributed by atoms with Gasteiger partial charge < -0.3 is 0 Å². The molecule has 7 heteroatoms. The van der Waals surface area contributed by atoms with E-state index in [9.17, 15) is 0 Å². The zero-order chi connectivity index (χ0) is 14.2. The predicted octanol–water partition coefficient (Wildman–Crippen LogP) is 5.19. The van der Waals surface area contributed by atoms with E-state index in [1.165, 1.54) is 0 Å². The van der Waals surface area contributed by atoms with Crippen molar-refractivity contribution in [1.29, 1.82) is 0 Å². The highest BCUT2D eigenvalue weighted by Crippen LogP contribution is 2.48. The molecule has 0 saturated carbocycles. The van der Waals surface area contributed by atoms with Crippen molar-refractivity contribution in [3.8, 4) is 0 Å². The summed E-state index contributed by atoms with van der Waals surface area (Å²) in [6.07, 6.45) is 0. The molecule has 0 N–H and O–H groups in total. The first kappa shape index (κ1) is 18.3. The maximum Gasteiger partial charge on any atom is 0.142 e. The van der Waals surface area contributed by atoms with Crippen LogP contribution in [0.15, 0.2) is 0 Å². The van der Waals surface area contributed by atoms with Crippen LogP contribution in [0.3, 0.4) is 0 Å². The van der Waals surface area contributed by atoms with Gasteiger partial charge in [-0.15, -0.1) is 0 Å². The maximum absolute atomic E-state index is 6.56. The molecule has 0 rings (SSSR count). The lowest BCUT2D eigenvalue weighted by molar-refractivity contribution is 0.386. The van der Waals surface area contributed by atoms with E-state index >= 15 is 0 Å². The van der Waals surface area contributed by atoms with Gasteiger partial charge >= 0.3 is 0 Å². The molecule has 0 fully saturated rings. The van der Waals surface area contributed by atoms with Crippen molar-refractivity contribution in [1.82, 2.24) is 8.79 Å². The Labute approximate surface area is 118 Å². The Hall–Kier alpha value is 1.29. The molecule has 0 aliphatic heterocycles. The van der Waals surface area contributed by atoms with Crippen LogP contribution in [-0.4, -0.2) is 40.2 Å². The topological polar surface area (TPSA) is 6.48 Å². The van der Waals surface area contributed by atoms with Gasteiger partial charge in [0.05, 0.1) is 7.43 Å². The average molecular weight is 329 g/mol. The Balaban J connectivity index is 5.58. The molecule has 0 aromatic heterocycles. The van der Waals surface area contributed by atoms with Gasteiger partial charge in [0, 0.05) is 0 Å². The summed E-state index contributed by atoms with van der Waals surface area (Å²) in [4.78, 5) is 0. The quantitative estimate of drug-likeness (QED) is 0.389. The van der Waals surface area contributed by atoms with E-state index in [-0.39, 0.29) is 0 Å². The minimum Gasteiger partial charge on any atom is -0.286 e. The molecule has 0 aliphatic carbocycles. The molecular formula is C10H30ClN2PSi3. The Morgan fingerprint density at radius 3 is 1.06 bits per heavy atom. The van der Waals surface area contributed by atoms with Gasteiger partial charge in [-0.1, -0.05) is 70.2 Å². The molecule has 17 heavy (non-hydrogen) atoms. The van der Waals surface area contributed by atoms with Crippen LogP contribution in [0, 0.1) is 0 Å². The summed E-state index contributed by atoms with van der Waals surface area (Å²) in [6, 6.07) is 0. The normalized spacial score (nSPS) is 16.8. The van der Waals surface area contributed by atoms with Crippen molar-refractivity contribution in [3.63, 3.8) is 0 Å². The third-order valence-corrected chi connectivity index (χ3v) is 15.6. The summed E-state index contributed by atoms with van der Waals surface area (Å²) in [7, 11) is -4.70. The van der Waals surface area contributed by atoms with Crippen molar-refractivity contribution in [2.45, 2.75) is 58.9 Å². The smallest absolute Gasteiger partial charge is 0.142 e. The fourth-order valence-electron chi connectivity index (χ4n) is 2.41. The van der Waals surface area contributed by atoms with Gasteiger partial charge in [-0.3, -0.25) is 4.34 Å². The molecule has 0 aromatic carbocycles. The minimum absolute atomic E-state index is 0.557. The number of nitrogens with zero attached hydrogens (tertiary/aromatic N) is 2. The molecule has 0 radical (unpaired) electrons. The molecule has 0 saturated heterocycles. The number of rotatable bonds is 5. The number of hydrogen-bond donors (Lipinski definition) is 0. The molecule has 0 aliphatic rings. The van der Waals surface area contributed by atoms with E-state index in [0.29, 0.717) is 0 Å². The maximum atomic E-state index is 6.56. The van der Waals surface area contributed by atoms with Crippen molar-refractivity contribution in [3.05, 3.63) is 0 Å². The Bertz CT molecular complexity index is 242. The molecule has 0 heterocycles. The zero-order valence-corrected chi connectivity index (χ0v) is 17.9. The largest absolute Gasteiger partial charge is 0.286 e. The number of hydrogen-bond acceptors (Lipinski definition) is 2. The summed E-state index contributed by atoms with van der Waals surface area (Å²) < 4.78 is 5.38. The van der Waals surface area contributed by atoms with Gasteiger partial charge in [0.25, 0.3) is 0 Å². The van der Waals surface area contributed by atoms with Gasteiger partial charge in [0.2, 0.25) is 0 Å². The Morgan fingerprint density at radius 2 is 1.00 bits per heavy atom. The first-order valence-corrected chi connectivity index (χ1v) is 19.2. The number of halogens is 1. The monoisotopic (exact) mass is 328 g/mol. The van der Waals surface area contributed by atoms with Crippen molar-refractivity contribution in [2.75, 3.05) is 6.66 Å². The highest BCUT2D eigenvalue weighted by atomic mass is 35.7. The van der Waals surface area contributed by atoms with Crippen LogP contribution in [0.2, 0.25) is 58.9 Å². The lowest BCUT2D eigenvalue weighted by Gasteiger charge is -2.55. The third-order valence-electron chi connectivity index (χ3n) is 2.32. The van der Waals surface area contributed by atoms with Crippen LogP contribution in [0.5, 0.6) is 0 Å². The molecule has 2 nitrogen and oxygen atoms in total. The standard InChI is InChI=1S/C10H30ClN2PSi3/c1-14(11)12(15(2,3)4)13(16(5,6)7)17(8,9)10/h1-10H3. The van der Waals surface area contributed by atoms with Gasteiger partial charge in [0.15, 0.2) is 0 Å². The van der Waals surface area contributed by atoms with Crippen molar-refractivity contribution >= 4 is 43.4 Å². The molecular weight excluding hydrogens is 299 g/mol. The van der Waals surface area contributed by atoms with E-state index < -0.39 is 32.1 Å². The molecule has 0 spiro atoms. The van der Waals surface area contributed by atoms with Gasteiger partial charge in [0.1, 0.15) is 24.7 Å². The van der Waals surface area contributed by atoms with Crippen LogP contribution < -0.4 is 0 Å². The van der Waals surface area contributed by atoms with E-state index in [2.05, 4.69) is 74.4 Å². The molecule has 0 aromatic rings. The Kier molecular flexibility index (Phi) is 6.17. The second-order valence-corrected chi connectivity index (χ2v) is 25.4. The lowest BCUT2D eigenvalue weighted by atomic mass is 11.8. The Morgan fingerprint density at radius 1 is 0.706 bits per heavy atom. The fourth-order valence-corrected chi connectivity index (χ4v) is 24.4. The van der Waals surface area contributed by atoms with Crippen LogP contribution in [0.4, 0.5) is 0 Å². The van der Waals surface area contributed by atoms with E-state index in [1.807, 2.05) is 0 Å². The van der Waals surface area contributed by atoms with E-state index in [4.69, 9.17) is 11.2 Å². The summed E-state index contributed by atoms with van der Waals surface area (Å²) in [6.45, 7) is 24.0. The highest BCUT2D eigenvalue weighted by Gasteiger charge is 2.44. The van der Waals surface area contributed by atoms with Gasteiger partial charge in [-0.2, -0.15) is 0 Å². The molecule has 1 atom stereocenters. The molecule has 104 valence electrons. The first-order chi connectivity index (χ1) is 7.19. The summed E-state index contributed by atoms with van der Waals surface area (Å²) in [5.41, 5.74) is 0. The predicted molar refractivity (Wildman–Crippen MR) is 92.4 cm³/mol. The van der Waals surface area contributed by atoms with Crippen LogP contribution >= 0.6 is 18.7 Å². The molecule has 0 bridgehead atoms. The first-order valence-electron chi connectivity index (χ1n) is 6.19. The summed E-state index contributed by atoms with van der Waals surface area (Å²) >= 11 is 6.56. The summed E-state index contributed by atoms with van der Waals surface area (Å²) in [5.74, 6) is 0. The SMILES string of the molecule is CP(Cl)N(N([Si](C)(C)C)[Si](C)(C)C)[Si](C)(C)C. The van der Waals surface area contributed by atoms with Gasteiger partial charge in [-0.25, -0.2) is 4.44 Å². The van der Waals surface area contributed by atoms with Crippen LogP contribution in [-0.2, 0) is 0 Å². The lowest BCUT2D eigenvalue weighted by Crippen LogP contribution is -2.69. The van der Waals surface area contributed by atoms with E-state index in [1.54, 1.807) is 0 Å². The fraction of sp³-hybridized carbons (Fsp3) is 1.00. The average Bonchev–Trinajstić information content (AvgIpc) is 1.91. The van der Waals surface area contributed by atoms with Crippen molar-refractivity contribution in [2.24, 2.45) is 0 Å². The third kappa shape index (κ3) is 5.43. The minimum atomic E-state index is -1.41. The van der Waals surface area contributed by atoms with Crippen molar-refractivity contribution < 1.29 is 0 Å². The van der Waals surface area contributed by atoms with E-state index in [0.717, 1.165) is 0 Å². The second kappa shape index (κ2) is 5.73. The summed E-state index contributed by atoms with van der Waals surface area (Å²) in [5, 5.41) is 0. The second-order valence-electron chi connectivity index (χ2n) is 7.56. The number of hydrazine groups is 1. The van der Waals surface area contributed by atoms with Gasteiger partial charge in [-0.05, 0) is 6.66 Å². The molecule has 1 unspecified atom stereocenters.